The number of pyridine rings is 1. The fourth-order valence-corrected chi connectivity index (χ4v) is 8.89. The van der Waals surface area contributed by atoms with Crippen LogP contribution < -0.4 is 15.5 Å². The number of aryl methyl sites for hydroxylation is 1. The molecule has 0 spiro atoms. The number of rotatable bonds is 23. The van der Waals surface area contributed by atoms with E-state index < -0.39 is 17.9 Å². The third-order valence-electron chi connectivity index (χ3n) is 12.8. The van der Waals surface area contributed by atoms with Gasteiger partial charge in [0.05, 0.1) is 49.7 Å². The molecule has 2 aromatic heterocycles. The molecule has 73 heavy (non-hydrogen) atoms. The predicted molar refractivity (Wildman–Crippen MR) is 272 cm³/mol. The van der Waals surface area contributed by atoms with Crippen molar-refractivity contribution in [3.8, 4) is 22.5 Å². The van der Waals surface area contributed by atoms with E-state index >= 15 is 0 Å². The summed E-state index contributed by atoms with van der Waals surface area (Å²) in [5.41, 5.74) is 5.05. The molecule has 22 heteroatoms. The van der Waals surface area contributed by atoms with E-state index in [1.54, 1.807) is 31.7 Å². The van der Waals surface area contributed by atoms with Gasteiger partial charge in [0.15, 0.2) is 0 Å². The highest BCUT2D eigenvalue weighted by molar-refractivity contribution is 6.00. The molecule has 1 fully saturated rings. The second kappa shape index (κ2) is 27.7. The fourth-order valence-electron chi connectivity index (χ4n) is 8.89. The number of anilines is 2. The van der Waals surface area contributed by atoms with E-state index in [1.807, 2.05) is 77.1 Å². The molecule has 2 aliphatic heterocycles. The molecular formula is C51H68N12O10. The number of para-hydroxylation sites is 1. The number of unbranched alkanes of at least 4 members (excludes halogenated alkanes) is 2. The zero-order chi connectivity index (χ0) is 52.3. The van der Waals surface area contributed by atoms with Gasteiger partial charge in [-0.25, -0.2) is 9.67 Å². The maximum atomic E-state index is 14.2. The molecule has 0 saturated carbocycles. The van der Waals surface area contributed by atoms with Crippen LogP contribution in [0.25, 0.3) is 22.5 Å². The van der Waals surface area contributed by atoms with Crippen molar-refractivity contribution in [1.82, 2.24) is 49.8 Å². The Hall–Kier alpha value is -6.98. The molecule has 1 saturated heterocycles. The van der Waals surface area contributed by atoms with Crippen molar-refractivity contribution in [3.05, 3.63) is 78.0 Å². The molecule has 0 atom stereocenters. The van der Waals surface area contributed by atoms with Crippen LogP contribution >= 0.6 is 0 Å². The molecular weight excluding hydrogens is 941 g/mol. The van der Waals surface area contributed by atoms with Gasteiger partial charge in [0.2, 0.25) is 11.8 Å². The molecule has 6 rings (SSSR count). The summed E-state index contributed by atoms with van der Waals surface area (Å²) in [7, 11) is 3.84. The number of nitrogens with one attached hydrogen (secondary N) is 2. The second-order valence-corrected chi connectivity index (χ2v) is 18.7. The first-order valence-electron chi connectivity index (χ1n) is 24.8. The third kappa shape index (κ3) is 17.3. The van der Waals surface area contributed by atoms with Crippen LogP contribution in [0, 0.1) is 0 Å². The maximum absolute atomic E-state index is 14.2. The van der Waals surface area contributed by atoms with Crippen LogP contribution in [-0.2, 0) is 41.9 Å². The van der Waals surface area contributed by atoms with E-state index in [9.17, 15) is 48.9 Å². The van der Waals surface area contributed by atoms with E-state index in [0.29, 0.717) is 101 Å². The first kappa shape index (κ1) is 55.3. The van der Waals surface area contributed by atoms with Crippen LogP contribution in [0.1, 0.15) is 60.9 Å². The number of aliphatic carboxylic acids is 3. The number of amides is 3. The number of hydrogen-bond donors (Lipinski definition) is 5. The quantitative estimate of drug-likeness (QED) is 0.0669. The minimum atomic E-state index is -1.03. The van der Waals surface area contributed by atoms with Crippen LogP contribution in [0.4, 0.5) is 11.5 Å². The molecule has 2 aliphatic rings. The van der Waals surface area contributed by atoms with Crippen molar-refractivity contribution in [1.29, 1.82) is 0 Å². The Labute approximate surface area is 424 Å². The number of ketones is 1. The van der Waals surface area contributed by atoms with Crippen molar-refractivity contribution in [2.75, 3.05) is 116 Å². The smallest absolute Gasteiger partial charge is 0.317 e. The Kier molecular flexibility index (Phi) is 21.0. The second-order valence-electron chi connectivity index (χ2n) is 18.7. The van der Waals surface area contributed by atoms with Crippen molar-refractivity contribution in [2.24, 2.45) is 0 Å². The summed E-state index contributed by atoms with van der Waals surface area (Å²) in [6, 6.07) is 18.6. The predicted octanol–water partition coefficient (Wildman–Crippen LogP) is 2.56. The van der Waals surface area contributed by atoms with E-state index in [0.717, 1.165) is 22.4 Å². The number of likely N-dealkylation sites (N-methyl/N-ethyl adjacent to an activating group) is 1. The molecule has 4 aromatic rings. The molecule has 392 valence electrons. The number of fused-ring (bicyclic) bond motifs is 5. The van der Waals surface area contributed by atoms with Gasteiger partial charge in [-0.3, -0.25) is 53.2 Å². The molecule has 4 heterocycles. The third-order valence-corrected chi connectivity index (χ3v) is 12.8. The standard InChI is InChI=1S/C51H68N12O10/c1-57(2)22-20-52-51(73)37-18-19-43(53-31-37)54-44(65)16-7-8-17-45(66)62-32-38-11-3-4-13-40(38)49-50(41-14-5-6-15-42(41)62)63(56-55-49)21-10-9-12-39(64)33-58-23-25-59(34-46(67)68)27-29-61(36-48(71)72)30-28-60(26-24-58)35-47(69)70/h3-6,11,13-15,18-19,31H,7-10,12,16-17,20-30,32-36H2,1-2H3,(H,52,73)(H,67,68)(H,69,70)(H,71,72)(H,53,54,65). The highest BCUT2D eigenvalue weighted by Crippen LogP contribution is 2.41. The summed E-state index contributed by atoms with van der Waals surface area (Å²) in [4.78, 5) is 103. The van der Waals surface area contributed by atoms with Crippen LogP contribution in [0.2, 0.25) is 0 Å². The monoisotopic (exact) mass is 1010 g/mol. The summed E-state index contributed by atoms with van der Waals surface area (Å²) in [5.74, 6) is -3.35. The topological polar surface area (TPSA) is 267 Å². The van der Waals surface area contributed by atoms with Gasteiger partial charge in [0.1, 0.15) is 17.3 Å². The van der Waals surface area contributed by atoms with Crippen molar-refractivity contribution >= 4 is 52.9 Å². The normalized spacial score (nSPS) is 15.1. The van der Waals surface area contributed by atoms with Crippen molar-refractivity contribution < 1.29 is 48.9 Å². The lowest BCUT2D eigenvalue weighted by atomic mass is 9.95. The van der Waals surface area contributed by atoms with Crippen LogP contribution in [0.5, 0.6) is 0 Å². The lowest BCUT2D eigenvalue weighted by molar-refractivity contribution is -0.140. The summed E-state index contributed by atoms with van der Waals surface area (Å²) in [6.45, 7) is 3.78. The molecule has 0 aliphatic carbocycles. The Morgan fingerprint density at radius 2 is 1.21 bits per heavy atom. The Morgan fingerprint density at radius 1 is 0.644 bits per heavy atom. The van der Waals surface area contributed by atoms with Crippen LogP contribution in [0.3, 0.4) is 0 Å². The highest BCUT2D eigenvalue weighted by atomic mass is 16.4. The lowest BCUT2D eigenvalue weighted by Gasteiger charge is -2.32. The average Bonchev–Trinajstić information content (AvgIpc) is 3.76. The van der Waals surface area contributed by atoms with E-state index in [4.69, 9.17) is 0 Å². The molecule has 0 bridgehead atoms. The number of carbonyl (C=O) groups excluding carboxylic acids is 4. The minimum Gasteiger partial charge on any atom is -0.480 e. The van der Waals surface area contributed by atoms with Crippen LogP contribution in [0.15, 0.2) is 66.9 Å². The number of benzene rings is 2. The van der Waals surface area contributed by atoms with E-state index in [2.05, 4.69) is 25.9 Å². The fraction of sp³-hybridized carbons (Fsp3) is 0.490. The Bertz CT molecular complexity index is 2500. The number of hydrogen-bond acceptors (Lipinski definition) is 15. The van der Waals surface area contributed by atoms with Gasteiger partial charge in [-0.05, 0) is 63.5 Å². The highest BCUT2D eigenvalue weighted by Gasteiger charge is 2.29. The van der Waals surface area contributed by atoms with Gasteiger partial charge < -0.3 is 35.8 Å². The largest absolute Gasteiger partial charge is 0.480 e. The Morgan fingerprint density at radius 3 is 1.79 bits per heavy atom. The van der Waals surface area contributed by atoms with Gasteiger partial charge in [-0.1, -0.05) is 47.7 Å². The Balaban J connectivity index is 1.06. The molecule has 5 N–H and O–H groups in total. The van der Waals surface area contributed by atoms with Crippen molar-refractivity contribution in [3.63, 3.8) is 0 Å². The summed E-state index contributed by atoms with van der Waals surface area (Å²) < 4.78 is 1.83. The number of carboxylic acid groups (broad SMARTS) is 3. The van der Waals surface area contributed by atoms with E-state index in [-0.39, 0.29) is 95.1 Å². The average molecular weight is 1010 g/mol. The molecule has 0 unspecified atom stereocenters. The summed E-state index contributed by atoms with van der Waals surface area (Å²) in [5, 5.41) is 43.5. The molecule has 0 radical (unpaired) electrons. The number of nitrogens with zero attached hydrogens (tertiary/aromatic N) is 10. The zero-order valence-electron chi connectivity index (χ0n) is 41.8. The zero-order valence-corrected chi connectivity index (χ0v) is 41.8. The van der Waals surface area contributed by atoms with Gasteiger partial charge >= 0.3 is 17.9 Å². The van der Waals surface area contributed by atoms with Gasteiger partial charge in [-0.2, -0.15) is 0 Å². The number of carboxylic acids is 3. The van der Waals surface area contributed by atoms with Gasteiger partial charge in [0, 0.05) is 109 Å². The minimum absolute atomic E-state index is 0.0160. The summed E-state index contributed by atoms with van der Waals surface area (Å²) >= 11 is 0. The first-order valence-corrected chi connectivity index (χ1v) is 24.8. The number of carbonyl (C=O) groups is 7. The lowest BCUT2D eigenvalue weighted by Crippen LogP contribution is -2.49. The molecule has 2 aromatic carbocycles. The number of aromatic nitrogens is 4. The van der Waals surface area contributed by atoms with Crippen LogP contribution in [-0.4, -0.2) is 207 Å². The van der Waals surface area contributed by atoms with E-state index in [1.165, 1.54) is 6.20 Å². The maximum Gasteiger partial charge on any atom is 0.317 e. The SMILES string of the molecule is CN(C)CCNC(=O)c1ccc(NC(=O)CCCCC(=O)N2Cc3ccccc3-c3nnn(CCCCC(=O)CN4CCN(CC(=O)O)CCN(CC(=O)O)CCN(CC(=O)O)CC4)c3-c3ccccc32)nc1. The van der Waals surface area contributed by atoms with Gasteiger partial charge in [-0.15, -0.1) is 5.10 Å². The molecule has 3 amide bonds. The van der Waals surface area contributed by atoms with Crippen molar-refractivity contribution in [2.45, 2.75) is 58.0 Å². The van der Waals surface area contributed by atoms with Gasteiger partial charge in [0.25, 0.3) is 5.91 Å². The number of Topliss-reactive ketones (excluding diaryl/α,β-unsaturated/α-hetero) is 1. The summed E-state index contributed by atoms with van der Waals surface area (Å²) in [6.07, 6.45) is 4.12. The molecule has 22 nitrogen and oxygen atoms in total. The first-order chi connectivity index (χ1) is 35.1.